The van der Waals surface area contributed by atoms with Crippen molar-refractivity contribution in [2.75, 3.05) is 25.4 Å². The zero-order valence-electron chi connectivity index (χ0n) is 14.9. The van der Waals surface area contributed by atoms with Crippen molar-refractivity contribution in [3.05, 3.63) is 29.8 Å². The van der Waals surface area contributed by atoms with E-state index in [1.807, 2.05) is 19.1 Å². The van der Waals surface area contributed by atoms with E-state index in [4.69, 9.17) is 5.11 Å². The van der Waals surface area contributed by atoms with Gasteiger partial charge in [-0.05, 0) is 30.5 Å². The van der Waals surface area contributed by atoms with Crippen LogP contribution >= 0.6 is 11.8 Å². The number of aliphatic hydroxyl groups excluding tert-OH is 1. The van der Waals surface area contributed by atoms with Crippen LogP contribution in [0, 0.1) is 0 Å². The Morgan fingerprint density at radius 3 is 2.33 bits per heavy atom. The Morgan fingerprint density at radius 1 is 1.25 bits per heavy atom. The number of thioether (sulfide) groups is 1. The van der Waals surface area contributed by atoms with Crippen molar-refractivity contribution >= 4 is 23.6 Å². The Kier molecular flexibility index (Phi) is 8.85. The highest BCUT2D eigenvalue weighted by Gasteiger charge is 2.24. The number of rotatable bonds is 9. The first-order valence-electron chi connectivity index (χ1n) is 8.28. The van der Waals surface area contributed by atoms with Crippen LogP contribution in [-0.2, 0) is 9.59 Å². The SMILES string of the molecule is CCN(CCO)C(=O)C(CSc1ccc(C(C)C)cc1)NC(C)=O. The van der Waals surface area contributed by atoms with Crippen molar-refractivity contribution in [1.29, 1.82) is 0 Å². The molecule has 134 valence electrons. The minimum atomic E-state index is -0.594. The lowest BCUT2D eigenvalue weighted by molar-refractivity contribution is -0.135. The molecule has 1 aromatic carbocycles. The second-order valence-electron chi connectivity index (χ2n) is 5.93. The molecule has 0 fully saturated rings. The first-order valence-corrected chi connectivity index (χ1v) is 9.27. The van der Waals surface area contributed by atoms with Gasteiger partial charge >= 0.3 is 0 Å². The maximum atomic E-state index is 12.6. The molecule has 1 unspecified atom stereocenters. The summed E-state index contributed by atoms with van der Waals surface area (Å²) in [6.07, 6.45) is 0. The standard InChI is InChI=1S/C18H28N2O3S/c1-5-20(10-11-21)18(23)17(19-14(4)22)12-24-16-8-6-15(7-9-16)13(2)3/h6-9,13,17,21H,5,10-12H2,1-4H3,(H,19,22). The predicted octanol–water partition coefficient (Wildman–Crippen LogP) is 2.25. The molecule has 1 rings (SSSR count). The Morgan fingerprint density at radius 2 is 1.88 bits per heavy atom. The molecular formula is C18H28N2O3S. The number of aliphatic hydroxyl groups is 1. The third-order valence-corrected chi connectivity index (χ3v) is 4.81. The Labute approximate surface area is 148 Å². The summed E-state index contributed by atoms with van der Waals surface area (Å²) in [4.78, 5) is 26.6. The summed E-state index contributed by atoms with van der Waals surface area (Å²) < 4.78 is 0. The maximum absolute atomic E-state index is 12.6. The summed E-state index contributed by atoms with van der Waals surface area (Å²) in [6, 6.07) is 7.67. The van der Waals surface area contributed by atoms with Gasteiger partial charge in [0, 0.05) is 30.7 Å². The summed E-state index contributed by atoms with van der Waals surface area (Å²) in [5.41, 5.74) is 1.27. The van der Waals surface area contributed by atoms with Crippen LogP contribution in [0.1, 0.15) is 39.2 Å². The second-order valence-corrected chi connectivity index (χ2v) is 7.02. The number of nitrogens with zero attached hydrogens (tertiary/aromatic N) is 1. The van der Waals surface area contributed by atoms with E-state index >= 15 is 0 Å². The smallest absolute Gasteiger partial charge is 0.246 e. The van der Waals surface area contributed by atoms with Gasteiger partial charge < -0.3 is 15.3 Å². The van der Waals surface area contributed by atoms with Crippen LogP contribution < -0.4 is 5.32 Å². The summed E-state index contributed by atoms with van der Waals surface area (Å²) in [6.45, 7) is 8.25. The van der Waals surface area contributed by atoms with E-state index in [0.29, 0.717) is 18.2 Å². The molecule has 0 bridgehead atoms. The monoisotopic (exact) mass is 352 g/mol. The van der Waals surface area contributed by atoms with Crippen LogP contribution in [0.4, 0.5) is 0 Å². The van der Waals surface area contributed by atoms with Crippen LogP contribution in [0.3, 0.4) is 0 Å². The topological polar surface area (TPSA) is 69.6 Å². The van der Waals surface area contributed by atoms with E-state index < -0.39 is 6.04 Å². The molecule has 0 aliphatic carbocycles. The average molecular weight is 353 g/mol. The molecule has 6 heteroatoms. The lowest BCUT2D eigenvalue weighted by atomic mass is 10.0. The zero-order chi connectivity index (χ0) is 18.1. The minimum Gasteiger partial charge on any atom is -0.395 e. The summed E-state index contributed by atoms with van der Waals surface area (Å²) >= 11 is 1.54. The number of benzene rings is 1. The molecule has 1 atom stereocenters. The number of amides is 2. The van der Waals surface area contributed by atoms with Crippen molar-refractivity contribution in [2.45, 2.75) is 44.6 Å². The number of hydrogen-bond donors (Lipinski definition) is 2. The lowest BCUT2D eigenvalue weighted by Crippen LogP contribution is -2.50. The number of carbonyl (C=O) groups excluding carboxylic acids is 2. The molecule has 0 spiro atoms. The van der Waals surface area contributed by atoms with Gasteiger partial charge in [0.15, 0.2) is 0 Å². The third kappa shape index (κ3) is 6.53. The quantitative estimate of drug-likeness (QED) is 0.669. The van der Waals surface area contributed by atoms with E-state index in [-0.39, 0.29) is 25.0 Å². The van der Waals surface area contributed by atoms with Gasteiger partial charge in [0.05, 0.1) is 6.61 Å². The van der Waals surface area contributed by atoms with Crippen molar-refractivity contribution in [1.82, 2.24) is 10.2 Å². The van der Waals surface area contributed by atoms with Crippen molar-refractivity contribution in [2.24, 2.45) is 0 Å². The fourth-order valence-electron chi connectivity index (χ4n) is 2.31. The average Bonchev–Trinajstić information content (AvgIpc) is 2.55. The minimum absolute atomic E-state index is 0.0871. The number of hydrogen-bond acceptors (Lipinski definition) is 4. The van der Waals surface area contributed by atoms with Gasteiger partial charge in [-0.3, -0.25) is 9.59 Å². The van der Waals surface area contributed by atoms with Crippen LogP contribution in [0.25, 0.3) is 0 Å². The van der Waals surface area contributed by atoms with Crippen LogP contribution in [0.2, 0.25) is 0 Å². The van der Waals surface area contributed by atoms with Gasteiger partial charge in [0.25, 0.3) is 0 Å². The van der Waals surface area contributed by atoms with Gasteiger partial charge in [-0.15, -0.1) is 11.8 Å². The van der Waals surface area contributed by atoms with E-state index in [2.05, 4.69) is 31.3 Å². The highest BCUT2D eigenvalue weighted by Crippen LogP contribution is 2.22. The molecule has 5 nitrogen and oxygen atoms in total. The molecule has 2 amide bonds. The van der Waals surface area contributed by atoms with E-state index in [1.54, 1.807) is 16.7 Å². The van der Waals surface area contributed by atoms with E-state index in [1.165, 1.54) is 12.5 Å². The second kappa shape index (κ2) is 10.4. The Balaban J connectivity index is 2.75. The van der Waals surface area contributed by atoms with Crippen molar-refractivity contribution in [3.8, 4) is 0 Å². The number of nitrogens with one attached hydrogen (secondary N) is 1. The van der Waals surface area contributed by atoms with E-state index in [0.717, 1.165) is 4.90 Å². The largest absolute Gasteiger partial charge is 0.395 e. The summed E-state index contributed by atoms with van der Waals surface area (Å²) in [5, 5.41) is 11.8. The zero-order valence-corrected chi connectivity index (χ0v) is 15.7. The van der Waals surface area contributed by atoms with Crippen LogP contribution in [0.15, 0.2) is 29.2 Å². The van der Waals surface area contributed by atoms with Crippen LogP contribution in [0.5, 0.6) is 0 Å². The third-order valence-electron chi connectivity index (χ3n) is 3.70. The molecule has 0 aromatic heterocycles. The molecule has 0 aliphatic heterocycles. The highest BCUT2D eigenvalue weighted by atomic mass is 32.2. The van der Waals surface area contributed by atoms with E-state index in [9.17, 15) is 9.59 Å². The van der Waals surface area contributed by atoms with Gasteiger partial charge in [-0.1, -0.05) is 26.0 Å². The molecule has 0 saturated carbocycles. The molecule has 0 aliphatic rings. The van der Waals surface area contributed by atoms with Gasteiger partial charge in [-0.25, -0.2) is 0 Å². The molecule has 0 heterocycles. The van der Waals surface area contributed by atoms with Gasteiger partial charge in [0.1, 0.15) is 6.04 Å². The molecular weight excluding hydrogens is 324 g/mol. The number of likely N-dealkylation sites (N-methyl/N-ethyl adjacent to an activating group) is 1. The molecule has 1 aromatic rings. The fraction of sp³-hybridized carbons (Fsp3) is 0.556. The first-order chi connectivity index (χ1) is 11.4. The Hall–Kier alpha value is -1.53. The lowest BCUT2D eigenvalue weighted by Gasteiger charge is -2.26. The molecule has 24 heavy (non-hydrogen) atoms. The van der Waals surface area contributed by atoms with Gasteiger partial charge in [0.2, 0.25) is 11.8 Å². The molecule has 0 radical (unpaired) electrons. The maximum Gasteiger partial charge on any atom is 0.246 e. The highest BCUT2D eigenvalue weighted by molar-refractivity contribution is 7.99. The normalized spacial score (nSPS) is 12.1. The van der Waals surface area contributed by atoms with Gasteiger partial charge in [-0.2, -0.15) is 0 Å². The first kappa shape index (κ1) is 20.5. The predicted molar refractivity (Wildman–Crippen MR) is 98.2 cm³/mol. The molecule has 0 saturated heterocycles. The van der Waals surface area contributed by atoms with Crippen molar-refractivity contribution in [3.63, 3.8) is 0 Å². The Bertz CT molecular complexity index is 532. The summed E-state index contributed by atoms with van der Waals surface area (Å²) in [7, 11) is 0. The molecule has 2 N–H and O–H groups in total. The van der Waals surface area contributed by atoms with Crippen LogP contribution in [-0.4, -0.2) is 53.3 Å². The summed E-state index contributed by atoms with van der Waals surface area (Å²) in [5.74, 6) is 0.549. The number of carbonyl (C=O) groups is 2. The fourth-order valence-corrected chi connectivity index (χ4v) is 3.23. The van der Waals surface area contributed by atoms with Crippen molar-refractivity contribution < 1.29 is 14.7 Å².